The van der Waals surface area contributed by atoms with E-state index in [4.69, 9.17) is 0 Å². The number of hydrogen-bond acceptors (Lipinski definition) is 2. The molecule has 0 fully saturated rings. The Morgan fingerprint density at radius 2 is 2.17 bits per heavy atom. The fourth-order valence-corrected chi connectivity index (χ4v) is 0.988. The van der Waals surface area contributed by atoms with Gasteiger partial charge in [-0.3, -0.25) is 0 Å². The molecule has 0 aliphatic rings. The molecule has 0 unspecified atom stereocenters. The van der Waals surface area contributed by atoms with Gasteiger partial charge in [0.1, 0.15) is 5.82 Å². The van der Waals surface area contributed by atoms with E-state index in [2.05, 4.69) is 25.7 Å². The first kappa shape index (κ1) is 9.31. The predicted molar refractivity (Wildman–Crippen MR) is 38.5 cm³/mol. The van der Waals surface area contributed by atoms with Gasteiger partial charge in [0.25, 0.3) is 0 Å². The summed E-state index contributed by atoms with van der Waals surface area (Å²) in [5, 5.41) is 0. The molecule has 0 saturated carbocycles. The second-order valence-corrected chi connectivity index (χ2v) is 2.67. The van der Waals surface area contributed by atoms with Gasteiger partial charge in [-0.05, 0) is 22.0 Å². The molecule has 1 heterocycles. The van der Waals surface area contributed by atoms with Crippen LogP contribution in [-0.4, -0.2) is 11.6 Å². The molecule has 0 N–H and O–H groups in total. The van der Waals surface area contributed by atoms with Crippen LogP contribution in [0.3, 0.4) is 0 Å². The van der Waals surface area contributed by atoms with Gasteiger partial charge in [-0.25, -0.2) is 9.37 Å². The SMILES string of the molecule is Fc1cnc(OC(F)F)c(Br)c1. The van der Waals surface area contributed by atoms with Crippen LogP contribution in [0.5, 0.6) is 5.88 Å². The first-order chi connectivity index (χ1) is 5.59. The van der Waals surface area contributed by atoms with Gasteiger partial charge < -0.3 is 4.74 Å². The van der Waals surface area contributed by atoms with Gasteiger partial charge in [0.15, 0.2) is 0 Å². The minimum atomic E-state index is -2.96. The highest BCUT2D eigenvalue weighted by Gasteiger charge is 2.09. The molecule has 0 atom stereocenters. The van der Waals surface area contributed by atoms with E-state index < -0.39 is 12.4 Å². The van der Waals surface area contributed by atoms with E-state index in [1.54, 1.807) is 0 Å². The van der Waals surface area contributed by atoms with Crippen molar-refractivity contribution in [1.29, 1.82) is 0 Å². The van der Waals surface area contributed by atoms with E-state index in [0.29, 0.717) is 0 Å². The minimum Gasteiger partial charge on any atom is -0.416 e. The van der Waals surface area contributed by atoms with Crippen molar-refractivity contribution in [2.45, 2.75) is 6.61 Å². The maximum atomic E-state index is 12.3. The fourth-order valence-electron chi connectivity index (χ4n) is 0.573. The molecule has 66 valence electrons. The predicted octanol–water partition coefficient (Wildman–Crippen LogP) is 2.58. The van der Waals surface area contributed by atoms with Crippen molar-refractivity contribution in [3.8, 4) is 5.88 Å². The van der Waals surface area contributed by atoms with Crippen LogP contribution in [0.1, 0.15) is 0 Å². The lowest BCUT2D eigenvalue weighted by atomic mass is 10.5. The summed E-state index contributed by atoms with van der Waals surface area (Å²) in [4.78, 5) is 3.29. The summed E-state index contributed by atoms with van der Waals surface area (Å²) in [6.07, 6.45) is 0.794. The average Bonchev–Trinajstić information content (AvgIpc) is 1.94. The summed E-state index contributed by atoms with van der Waals surface area (Å²) in [5.41, 5.74) is 0. The van der Waals surface area contributed by atoms with Crippen LogP contribution in [0, 0.1) is 5.82 Å². The van der Waals surface area contributed by atoms with Gasteiger partial charge >= 0.3 is 6.61 Å². The van der Waals surface area contributed by atoms with Crippen LogP contribution >= 0.6 is 15.9 Å². The van der Waals surface area contributed by atoms with Crippen molar-refractivity contribution in [3.05, 3.63) is 22.6 Å². The molecular weight excluding hydrogens is 239 g/mol. The van der Waals surface area contributed by atoms with Crippen molar-refractivity contribution in [2.24, 2.45) is 0 Å². The number of hydrogen-bond donors (Lipinski definition) is 0. The van der Waals surface area contributed by atoms with Crippen molar-refractivity contribution < 1.29 is 17.9 Å². The summed E-state index contributed by atoms with van der Waals surface area (Å²) < 4.78 is 39.6. The molecule has 1 aromatic rings. The highest BCUT2D eigenvalue weighted by molar-refractivity contribution is 9.10. The Kier molecular flexibility index (Phi) is 2.91. The lowest BCUT2D eigenvalue weighted by Crippen LogP contribution is -2.04. The maximum absolute atomic E-state index is 12.3. The van der Waals surface area contributed by atoms with Gasteiger partial charge in [0.2, 0.25) is 5.88 Å². The Balaban J connectivity index is 2.86. The van der Waals surface area contributed by atoms with Crippen molar-refractivity contribution >= 4 is 15.9 Å². The molecule has 0 aliphatic carbocycles. The van der Waals surface area contributed by atoms with Crippen molar-refractivity contribution in [1.82, 2.24) is 4.98 Å². The fraction of sp³-hybridized carbons (Fsp3) is 0.167. The molecule has 0 bridgehead atoms. The van der Waals surface area contributed by atoms with Crippen LogP contribution < -0.4 is 4.74 Å². The quantitative estimate of drug-likeness (QED) is 0.795. The third-order valence-electron chi connectivity index (χ3n) is 0.975. The highest BCUT2D eigenvalue weighted by Crippen LogP contribution is 2.23. The Morgan fingerprint density at radius 1 is 1.50 bits per heavy atom. The lowest BCUT2D eigenvalue weighted by molar-refractivity contribution is -0.0534. The Hall–Kier alpha value is -0.780. The van der Waals surface area contributed by atoms with E-state index in [1.165, 1.54) is 0 Å². The van der Waals surface area contributed by atoms with Gasteiger partial charge in [-0.15, -0.1) is 0 Å². The summed E-state index contributed by atoms with van der Waals surface area (Å²) in [5.74, 6) is -0.949. The van der Waals surface area contributed by atoms with E-state index in [0.717, 1.165) is 12.3 Å². The number of ether oxygens (including phenoxy) is 1. The molecule has 0 aromatic carbocycles. The number of nitrogens with zero attached hydrogens (tertiary/aromatic N) is 1. The Bertz CT molecular complexity index is 281. The molecule has 1 aromatic heterocycles. The molecule has 0 radical (unpaired) electrons. The van der Waals surface area contributed by atoms with Crippen LogP contribution in [0.4, 0.5) is 13.2 Å². The summed E-state index contributed by atoms with van der Waals surface area (Å²) in [7, 11) is 0. The third kappa shape index (κ3) is 2.37. The highest BCUT2D eigenvalue weighted by atomic mass is 79.9. The smallest absolute Gasteiger partial charge is 0.388 e. The van der Waals surface area contributed by atoms with Gasteiger partial charge in [0, 0.05) is 0 Å². The van der Waals surface area contributed by atoms with Crippen molar-refractivity contribution in [3.63, 3.8) is 0 Å². The largest absolute Gasteiger partial charge is 0.416 e. The number of aromatic nitrogens is 1. The number of alkyl halides is 2. The first-order valence-electron chi connectivity index (χ1n) is 2.85. The number of rotatable bonds is 2. The lowest BCUT2D eigenvalue weighted by Gasteiger charge is -2.03. The van der Waals surface area contributed by atoms with Crippen LogP contribution in [-0.2, 0) is 0 Å². The molecule has 12 heavy (non-hydrogen) atoms. The third-order valence-corrected chi connectivity index (χ3v) is 1.54. The second-order valence-electron chi connectivity index (χ2n) is 1.82. The summed E-state index contributed by atoms with van der Waals surface area (Å²) >= 11 is 2.81. The number of pyridine rings is 1. The normalized spacial score (nSPS) is 10.4. The van der Waals surface area contributed by atoms with E-state index in [9.17, 15) is 13.2 Å². The topological polar surface area (TPSA) is 22.1 Å². The molecule has 0 saturated heterocycles. The Morgan fingerprint density at radius 3 is 2.67 bits per heavy atom. The Labute approximate surface area is 74.5 Å². The van der Waals surface area contributed by atoms with Gasteiger partial charge in [-0.2, -0.15) is 8.78 Å². The zero-order valence-corrected chi connectivity index (χ0v) is 7.19. The monoisotopic (exact) mass is 241 g/mol. The van der Waals surface area contributed by atoms with Crippen LogP contribution in [0.25, 0.3) is 0 Å². The minimum absolute atomic E-state index is 0.0581. The molecule has 2 nitrogen and oxygen atoms in total. The molecule has 0 spiro atoms. The molecule has 6 heteroatoms. The molecule has 1 rings (SSSR count). The van der Waals surface area contributed by atoms with E-state index >= 15 is 0 Å². The number of halogens is 4. The average molecular weight is 242 g/mol. The maximum Gasteiger partial charge on any atom is 0.388 e. The zero-order chi connectivity index (χ0) is 9.14. The molecule has 0 amide bonds. The second kappa shape index (κ2) is 3.75. The van der Waals surface area contributed by atoms with Crippen LogP contribution in [0.2, 0.25) is 0 Å². The summed E-state index contributed by atoms with van der Waals surface area (Å²) in [6, 6.07) is 0.991. The van der Waals surface area contributed by atoms with Gasteiger partial charge in [-0.1, -0.05) is 0 Å². The van der Waals surface area contributed by atoms with Crippen molar-refractivity contribution in [2.75, 3.05) is 0 Å². The van der Waals surface area contributed by atoms with E-state index in [1.807, 2.05) is 0 Å². The standard InChI is InChI=1S/C6H3BrF3NO/c7-4-1-3(8)2-11-5(4)12-6(9)10/h1-2,6H. The van der Waals surface area contributed by atoms with Crippen LogP contribution in [0.15, 0.2) is 16.7 Å². The van der Waals surface area contributed by atoms with E-state index in [-0.39, 0.29) is 10.4 Å². The summed E-state index contributed by atoms with van der Waals surface area (Å²) in [6.45, 7) is -2.96. The zero-order valence-electron chi connectivity index (χ0n) is 5.60. The van der Waals surface area contributed by atoms with Gasteiger partial charge in [0.05, 0.1) is 10.7 Å². The molecule has 0 aliphatic heterocycles. The first-order valence-corrected chi connectivity index (χ1v) is 3.65. The molecular formula is C6H3BrF3NO.